The van der Waals surface area contributed by atoms with Crippen molar-refractivity contribution in [2.24, 2.45) is 11.8 Å². The maximum atomic E-state index is 11.8. The molecule has 2 unspecified atom stereocenters. The normalized spacial score (nSPS) is 32.6. The summed E-state index contributed by atoms with van der Waals surface area (Å²) < 4.78 is 29.1. The number of nitrogens with one attached hydrogen (secondary N) is 2. The van der Waals surface area contributed by atoms with Gasteiger partial charge in [0.25, 0.3) is 10.2 Å². The zero-order chi connectivity index (χ0) is 12.3. The highest BCUT2D eigenvalue weighted by molar-refractivity contribution is 7.87. The van der Waals surface area contributed by atoms with E-state index in [4.69, 9.17) is 0 Å². The van der Waals surface area contributed by atoms with Gasteiger partial charge in [-0.2, -0.15) is 13.1 Å². The van der Waals surface area contributed by atoms with Gasteiger partial charge in [0, 0.05) is 12.6 Å². The van der Waals surface area contributed by atoms with Crippen LogP contribution in [0.25, 0.3) is 0 Å². The first kappa shape index (κ1) is 13.1. The molecular weight excluding hydrogens is 236 g/mol. The van der Waals surface area contributed by atoms with E-state index in [-0.39, 0.29) is 6.04 Å². The van der Waals surface area contributed by atoms with Crippen LogP contribution in [-0.2, 0) is 10.2 Å². The Hall–Kier alpha value is -0.390. The molecule has 2 atom stereocenters. The van der Waals surface area contributed by atoms with Gasteiger partial charge in [0.2, 0.25) is 0 Å². The number of fused-ring (bicyclic) bond motifs is 2. The highest BCUT2D eigenvalue weighted by Gasteiger charge is 2.38. The van der Waals surface area contributed by atoms with Crippen LogP contribution in [0.3, 0.4) is 0 Å². The molecule has 98 valence electrons. The Morgan fingerprint density at radius 2 is 1.76 bits per heavy atom. The van der Waals surface area contributed by atoms with Crippen molar-refractivity contribution in [2.45, 2.75) is 45.1 Å². The summed E-state index contributed by atoms with van der Waals surface area (Å²) in [5.74, 6) is 0.967. The predicted octanol–water partition coefficient (Wildman–Crippen LogP) is 1.57. The van der Waals surface area contributed by atoms with Gasteiger partial charge < -0.3 is 0 Å². The standard InChI is InChI=1S/C12H22N2O2S/c1-2-9-13-17(15,16)14-12-10-5-3-4-6-11(12)8-7-10/h3-4,10-14H,2,5-9H2,1H3. The van der Waals surface area contributed by atoms with Gasteiger partial charge in [-0.1, -0.05) is 19.1 Å². The third-order valence-corrected chi connectivity index (χ3v) is 4.97. The summed E-state index contributed by atoms with van der Waals surface area (Å²) in [5, 5.41) is 0. The number of hydrogen-bond acceptors (Lipinski definition) is 2. The van der Waals surface area contributed by atoms with Crippen molar-refractivity contribution in [3.05, 3.63) is 12.2 Å². The van der Waals surface area contributed by atoms with Crippen LogP contribution in [0.2, 0.25) is 0 Å². The molecule has 1 saturated carbocycles. The fourth-order valence-electron chi connectivity index (χ4n) is 2.89. The molecule has 2 aliphatic rings. The molecular formula is C12H22N2O2S. The van der Waals surface area contributed by atoms with Crippen LogP contribution in [0.15, 0.2) is 12.2 Å². The van der Waals surface area contributed by atoms with Gasteiger partial charge in [-0.05, 0) is 43.9 Å². The van der Waals surface area contributed by atoms with E-state index in [1.54, 1.807) is 0 Å². The molecule has 0 saturated heterocycles. The number of rotatable bonds is 5. The summed E-state index contributed by atoms with van der Waals surface area (Å²) in [6.45, 7) is 2.47. The summed E-state index contributed by atoms with van der Waals surface area (Å²) in [6.07, 6.45) is 9.54. The zero-order valence-corrected chi connectivity index (χ0v) is 11.2. The number of hydrogen-bond donors (Lipinski definition) is 2. The molecule has 0 aliphatic heterocycles. The second-order valence-corrected chi connectivity index (χ2v) is 6.61. The lowest BCUT2D eigenvalue weighted by molar-refractivity contribution is 0.387. The van der Waals surface area contributed by atoms with E-state index in [0.717, 1.165) is 32.1 Å². The molecule has 0 aromatic rings. The second-order valence-electron chi connectivity index (χ2n) is 5.08. The van der Waals surface area contributed by atoms with Gasteiger partial charge in [-0.15, -0.1) is 0 Å². The molecule has 2 bridgehead atoms. The average molecular weight is 258 g/mol. The monoisotopic (exact) mass is 258 g/mol. The maximum Gasteiger partial charge on any atom is 0.277 e. The first-order valence-corrected chi connectivity index (χ1v) is 8.02. The fourth-order valence-corrected chi connectivity index (χ4v) is 4.19. The van der Waals surface area contributed by atoms with E-state index in [9.17, 15) is 8.42 Å². The Morgan fingerprint density at radius 1 is 1.18 bits per heavy atom. The lowest BCUT2D eigenvalue weighted by atomic mass is 9.97. The quantitative estimate of drug-likeness (QED) is 0.735. The summed E-state index contributed by atoms with van der Waals surface area (Å²) in [4.78, 5) is 0. The molecule has 0 aromatic carbocycles. The molecule has 5 heteroatoms. The Labute approximate surface area is 104 Å². The Bertz CT molecular complexity index is 362. The summed E-state index contributed by atoms with van der Waals surface area (Å²) >= 11 is 0. The first-order chi connectivity index (χ1) is 8.12. The van der Waals surface area contributed by atoms with Crippen molar-refractivity contribution < 1.29 is 8.42 Å². The SMILES string of the molecule is CCCNS(=O)(=O)NC1C2CC=CCC1CC2. The lowest BCUT2D eigenvalue weighted by Crippen LogP contribution is -2.46. The van der Waals surface area contributed by atoms with Crippen molar-refractivity contribution in [1.82, 2.24) is 9.44 Å². The van der Waals surface area contributed by atoms with Crippen LogP contribution in [0.4, 0.5) is 0 Å². The highest BCUT2D eigenvalue weighted by atomic mass is 32.2. The van der Waals surface area contributed by atoms with Gasteiger partial charge >= 0.3 is 0 Å². The maximum absolute atomic E-state index is 11.8. The van der Waals surface area contributed by atoms with Crippen LogP contribution in [-0.4, -0.2) is 21.0 Å². The molecule has 2 N–H and O–H groups in total. The lowest BCUT2D eigenvalue weighted by Gasteiger charge is -2.23. The van der Waals surface area contributed by atoms with Crippen LogP contribution < -0.4 is 9.44 Å². The van der Waals surface area contributed by atoms with Gasteiger partial charge in [0.05, 0.1) is 0 Å². The minimum absolute atomic E-state index is 0.124. The van der Waals surface area contributed by atoms with Crippen molar-refractivity contribution in [3.63, 3.8) is 0 Å². The van der Waals surface area contributed by atoms with Crippen molar-refractivity contribution in [3.8, 4) is 0 Å². The molecule has 17 heavy (non-hydrogen) atoms. The molecule has 0 radical (unpaired) electrons. The van der Waals surface area contributed by atoms with Gasteiger partial charge in [-0.3, -0.25) is 0 Å². The fraction of sp³-hybridized carbons (Fsp3) is 0.833. The largest absolute Gasteiger partial charge is 0.277 e. The Kier molecular flexibility index (Phi) is 4.22. The van der Waals surface area contributed by atoms with Crippen LogP contribution in [0.1, 0.15) is 39.0 Å². The summed E-state index contributed by atoms with van der Waals surface area (Å²) in [7, 11) is -3.31. The van der Waals surface area contributed by atoms with Crippen LogP contribution in [0, 0.1) is 11.8 Å². The molecule has 0 aromatic heterocycles. The van der Waals surface area contributed by atoms with Crippen LogP contribution in [0.5, 0.6) is 0 Å². The minimum Gasteiger partial charge on any atom is -0.202 e. The van der Waals surface area contributed by atoms with Gasteiger partial charge in [0.1, 0.15) is 0 Å². The molecule has 2 aliphatic carbocycles. The molecule has 4 nitrogen and oxygen atoms in total. The molecule has 0 spiro atoms. The third-order valence-electron chi connectivity index (χ3n) is 3.80. The molecule has 1 fully saturated rings. The summed E-state index contributed by atoms with van der Waals surface area (Å²) in [6, 6.07) is 0.124. The van der Waals surface area contributed by atoms with E-state index < -0.39 is 10.2 Å². The minimum atomic E-state index is -3.31. The van der Waals surface area contributed by atoms with E-state index in [2.05, 4.69) is 21.6 Å². The second kappa shape index (κ2) is 5.50. The highest BCUT2D eigenvalue weighted by Crippen LogP contribution is 2.38. The smallest absolute Gasteiger partial charge is 0.202 e. The van der Waals surface area contributed by atoms with E-state index >= 15 is 0 Å². The van der Waals surface area contributed by atoms with E-state index in [1.165, 1.54) is 0 Å². The van der Waals surface area contributed by atoms with Gasteiger partial charge in [0.15, 0.2) is 0 Å². The number of allylic oxidation sites excluding steroid dienone is 2. The average Bonchev–Trinajstić information content (AvgIpc) is 2.49. The molecule has 2 rings (SSSR count). The van der Waals surface area contributed by atoms with Crippen molar-refractivity contribution in [1.29, 1.82) is 0 Å². The third kappa shape index (κ3) is 3.30. The zero-order valence-electron chi connectivity index (χ0n) is 10.4. The van der Waals surface area contributed by atoms with Crippen molar-refractivity contribution in [2.75, 3.05) is 6.54 Å². The predicted molar refractivity (Wildman–Crippen MR) is 68.7 cm³/mol. The molecule has 0 amide bonds. The van der Waals surface area contributed by atoms with E-state index in [1.807, 2.05) is 6.92 Å². The van der Waals surface area contributed by atoms with Gasteiger partial charge in [-0.25, -0.2) is 4.72 Å². The summed E-state index contributed by atoms with van der Waals surface area (Å²) in [5.41, 5.74) is 0. The first-order valence-electron chi connectivity index (χ1n) is 6.54. The Morgan fingerprint density at radius 3 is 2.29 bits per heavy atom. The van der Waals surface area contributed by atoms with Crippen molar-refractivity contribution >= 4 is 10.2 Å². The van der Waals surface area contributed by atoms with E-state index in [0.29, 0.717) is 18.4 Å². The topological polar surface area (TPSA) is 58.2 Å². The Balaban J connectivity index is 1.99. The van der Waals surface area contributed by atoms with Crippen LogP contribution >= 0.6 is 0 Å². The molecule has 0 heterocycles.